The van der Waals surface area contributed by atoms with Crippen LogP contribution in [0.1, 0.15) is 6.92 Å². The molecule has 146 valence electrons. The fourth-order valence-electron chi connectivity index (χ4n) is 3.50. The summed E-state index contributed by atoms with van der Waals surface area (Å²) in [6.45, 7) is 3.87. The Balaban J connectivity index is 1.54. The number of likely N-dealkylation sites (tertiary alicyclic amines) is 1. The maximum absolute atomic E-state index is 12.8. The number of hydrogen-bond acceptors (Lipinski definition) is 6. The molecule has 1 aromatic heterocycles. The number of rotatable bonds is 7. The predicted octanol–water partition coefficient (Wildman–Crippen LogP) is -0.0990. The molecule has 2 saturated heterocycles. The lowest BCUT2D eigenvalue weighted by Gasteiger charge is -2.26. The highest BCUT2D eigenvalue weighted by molar-refractivity contribution is 7.99. The Hall–Kier alpha value is -2.13. The van der Waals surface area contributed by atoms with Crippen molar-refractivity contribution in [2.45, 2.75) is 11.9 Å². The van der Waals surface area contributed by atoms with Gasteiger partial charge < -0.3 is 20.3 Å². The molecule has 3 heterocycles. The average Bonchev–Trinajstić information content (AvgIpc) is 3.22. The lowest BCUT2D eigenvalue weighted by molar-refractivity contribution is -0.133. The molecule has 0 radical (unpaired) electrons. The van der Waals surface area contributed by atoms with E-state index < -0.39 is 5.41 Å². The van der Waals surface area contributed by atoms with Gasteiger partial charge in [-0.25, -0.2) is 4.98 Å². The minimum Gasteiger partial charge on any atom is -0.380 e. The molecule has 0 aromatic carbocycles. The van der Waals surface area contributed by atoms with E-state index in [1.54, 1.807) is 11.1 Å². The third-order valence-corrected chi connectivity index (χ3v) is 5.87. The first-order valence-corrected chi connectivity index (χ1v) is 9.92. The fraction of sp³-hybridized carbons (Fsp3) is 0.556. The Bertz CT molecular complexity index is 702. The van der Waals surface area contributed by atoms with Gasteiger partial charge in [-0.15, -0.1) is 0 Å². The standard InChI is InChI=1S/C18H24N4O4S/c1-13(23)19-6-7-21-17(25)18-11-22(8-14(18)9-26-12-18)16(24)10-27-15-4-2-3-5-20-15/h2-5,14H,6-12H2,1H3,(H,19,23)(H,21,25)/t14-,18-/m0/s1. The zero-order valence-corrected chi connectivity index (χ0v) is 16.1. The topological polar surface area (TPSA) is 101 Å². The van der Waals surface area contributed by atoms with Gasteiger partial charge in [-0.3, -0.25) is 14.4 Å². The molecular formula is C18H24N4O4S. The minimum absolute atomic E-state index is 0.00191. The van der Waals surface area contributed by atoms with E-state index in [9.17, 15) is 14.4 Å². The van der Waals surface area contributed by atoms with E-state index in [-0.39, 0.29) is 23.6 Å². The van der Waals surface area contributed by atoms with Crippen molar-refractivity contribution in [3.05, 3.63) is 24.4 Å². The van der Waals surface area contributed by atoms with Gasteiger partial charge in [0.25, 0.3) is 0 Å². The van der Waals surface area contributed by atoms with Crippen molar-refractivity contribution >= 4 is 29.5 Å². The largest absolute Gasteiger partial charge is 0.380 e. The van der Waals surface area contributed by atoms with Crippen LogP contribution in [-0.4, -0.2) is 72.8 Å². The molecule has 0 bridgehead atoms. The summed E-state index contributed by atoms with van der Waals surface area (Å²) in [6.07, 6.45) is 1.70. The van der Waals surface area contributed by atoms with E-state index in [0.29, 0.717) is 45.1 Å². The zero-order chi connectivity index (χ0) is 19.3. The van der Waals surface area contributed by atoms with E-state index in [1.807, 2.05) is 18.2 Å². The number of pyridine rings is 1. The fourth-order valence-corrected chi connectivity index (χ4v) is 4.26. The molecule has 2 N–H and O–H groups in total. The first kappa shape index (κ1) is 19.6. The van der Waals surface area contributed by atoms with Crippen molar-refractivity contribution in [3.63, 3.8) is 0 Å². The van der Waals surface area contributed by atoms with E-state index >= 15 is 0 Å². The first-order valence-electron chi connectivity index (χ1n) is 8.93. The van der Waals surface area contributed by atoms with Crippen molar-refractivity contribution in [1.29, 1.82) is 0 Å². The maximum Gasteiger partial charge on any atom is 0.233 e. The molecule has 2 aliphatic heterocycles. The molecule has 2 atom stereocenters. The van der Waals surface area contributed by atoms with Crippen LogP contribution < -0.4 is 10.6 Å². The van der Waals surface area contributed by atoms with Gasteiger partial charge in [0.05, 0.1) is 29.4 Å². The molecule has 1 aromatic rings. The van der Waals surface area contributed by atoms with Gasteiger partial charge in [0.15, 0.2) is 0 Å². The molecule has 0 saturated carbocycles. The molecule has 0 spiro atoms. The third kappa shape index (κ3) is 4.59. The number of carbonyl (C=O) groups is 3. The highest BCUT2D eigenvalue weighted by atomic mass is 32.2. The van der Waals surface area contributed by atoms with E-state index in [0.717, 1.165) is 5.03 Å². The van der Waals surface area contributed by atoms with Crippen LogP contribution in [0, 0.1) is 11.3 Å². The summed E-state index contributed by atoms with van der Waals surface area (Å²) in [7, 11) is 0. The normalized spacial score (nSPS) is 23.7. The Morgan fingerprint density at radius 1 is 1.33 bits per heavy atom. The molecule has 8 nitrogen and oxygen atoms in total. The Kier molecular flexibility index (Phi) is 6.33. The maximum atomic E-state index is 12.8. The van der Waals surface area contributed by atoms with Gasteiger partial charge in [-0.1, -0.05) is 17.8 Å². The van der Waals surface area contributed by atoms with Crippen LogP contribution in [0.2, 0.25) is 0 Å². The molecule has 3 rings (SSSR count). The first-order chi connectivity index (χ1) is 13.0. The highest BCUT2D eigenvalue weighted by Crippen LogP contribution is 2.41. The quantitative estimate of drug-likeness (QED) is 0.497. The van der Waals surface area contributed by atoms with E-state index in [4.69, 9.17) is 4.74 Å². The third-order valence-electron chi connectivity index (χ3n) is 4.94. The van der Waals surface area contributed by atoms with Crippen molar-refractivity contribution < 1.29 is 19.1 Å². The molecule has 9 heteroatoms. The average molecular weight is 392 g/mol. The number of amides is 3. The summed E-state index contributed by atoms with van der Waals surface area (Å²) in [4.78, 5) is 42.3. The van der Waals surface area contributed by atoms with E-state index in [2.05, 4.69) is 15.6 Å². The number of thioether (sulfide) groups is 1. The number of carbonyl (C=O) groups excluding carboxylic acids is 3. The van der Waals surface area contributed by atoms with Gasteiger partial charge in [0, 0.05) is 45.2 Å². The number of ether oxygens (including phenoxy) is 1. The van der Waals surface area contributed by atoms with Crippen LogP contribution in [0.15, 0.2) is 29.4 Å². The van der Waals surface area contributed by atoms with Gasteiger partial charge in [-0.2, -0.15) is 0 Å². The second-order valence-electron chi connectivity index (χ2n) is 6.84. The molecule has 2 fully saturated rings. The SMILES string of the molecule is CC(=O)NCCNC(=O)[C@@]12COC[C@@H]1CN(C(=O)CSc1ccccn1)C2. The molecule has 27 heavy (non-hydrogen) atoms. The lowest BCUT2D eigenvalue weighted by atomic mass is 9.80. The molecular weight excluding hydrogens is 368 g/mol. The van der Waals surface area contributed by atoms with Crippen LogP contribution in [0.3, 0.4) is 0 Å². The van der Waals surface area contributed by atoms with Gasteiger partial charge >= 0.3 is 0 Å². The Morgan fingerprint density at radius 2 is 2.15 bits per heavy atom. The van der Waals surface area contributed by atoms with Crippen LogP contribution in [-0.2, 0) is 19.1 Å². The second-order valence-corrected chi connectivity index (χ2v) is 7.83. The number of fused-ring (bicyclic) bond motifs is 1. The Labute approximate surface area is 162 Å². The van der Waals surface area contributed by atoms with Gasteiger partial charge in [-0.05, 0) is 12.1 Å². The van der Waals surface area contributed by atoms with Crippen LogP contribution in [0.5, 0.6) is 0 Å². The summed E-state index contributed by atoms with van der Waals surface area (Å²) in [5.74, 6) is 0.0632. The van der Waals surface area contributed by atoms with Gasteiger partial charge in [0.1, 0.15) is 0 Å². The lowest BCUT2D eigenvalue weighted by Crippen LogP contribution is -2.48. The summed E-state index contributed by atoms with van der Waals surface area (Å²) in [6, 6.07) is 5.59. The number of hydrogen-bond donors (Lipinski definition) is 2. The second kappa shape index (κ2) is 8.71. The molecule has 2 aliphatic rings. The molecule has 0 aliphatic carbocycles. The Morgan fingerprint density at radius 3 is 2.89 bits per heavy atom. The number of nitrogens with zero attached hydrogens (tertiary/aromatic N) is 2. The van der Waals surface area contributed by atoms with Crippen LogP contribution >= 0.6 is 11.8 Å². The highest BCUT2D eigenvalue weighted by Gasteiger charge is 2.56. The summed E-state index contributed by atoms with van der Waals surface area (Å²) < 4.78 is 5.55. The van der Waals surface area contributed by atoms with Crippen LogP contribution in [0.25, 0.3) is 0 Å². The summed E-state index contributed by atoms with van der Waals surface area (Å²) >= 11 is 1.40. The van der Waals surface area contributed by atoms with Crippen molar-refractivity contribution in [2.75, 3.05) is 45.1 Å². The summed E-state index contributed by atoms with van der Waals surface area (Å²) in [5, 5.41) is 6.33. The molecule has 0 unspecified atom stereocenters. The number of aromatic nitrogens is 1. The van der Waals surface area contributed by atoms with E-state index in [1.165, 1.54) is 18.7 Å². The van der Waals surface area contributed by atoms with Crippen molar-refractivity contribution in [3.8, 4) is 0 Å². The van der Waals surface area contributed by atoms with Crippen molar-refractivity contribution in [1.82, 2.24) is 20.5 Å². The van der Waals surface area contributed by atoms with Crippen molar-refractivity contribution in [2.24, 2.45) is 11.3 Å². The minimum atomic E-state index is -0.693. The smallest absolute Gasteiger partial charge is 0.233 e. The van der Waals surface area contributed by atoms with Gasteiger partial charge in [0.2, 0.25) is 17.7 Å². The monoisotopic (exact) mass is 392 g/mol. The summed E-state index contributed by atoms with van der Waals surface area (Å²) in [5.41, 5.74) is -0.693. The predicted molar refractivity (Wildman–Crippen MR) is 100.0 cm³/mol. The van der Waals surface area contributed by atoms with Crippen LogP contribution in [0.4, 0.5) is 0 Å². The molecule has 3 amide bonds. The number of nitrogens with one attached hydrogen (secondary N) is 2. The zero-order valence-electron chi connectivity index (χ0n) is 15.3.